The lowest BCUT2D eigenvalue weighted by atomic mass is 9.85. The maximum absolute atomic E-state index is 12.8. The van der Waals surface area contributed by atoms with Gasteiger partial charge < -0.3 is 4.74 Å². The Morgan fingerprint density at radius 2 is 1.61 bits per heavy atom. The van der Waals surface area contributed by atoms with Crippen LogP contribution in [-0.2, 0) is 16.2 Å². The predicted octanol–water partition coefficient (Wildman–Crippen LogP) is 5.37. The van der Waals surface area contributed by atoms with Crippen LogP contribution in [0.4, 0.5) is 0 Å². The summed E-state index contributed by atoms with van der Waals surface area (Å²) in [5.74, 6) is -0.272. The van der Waals surface area contributed by atoms with E-state index in [0.29, 0.717) is 26.4 Å². The Kier molecular flexibility index (Phi) is 5.29. The lowest BCUT2D eigenvalue weighted by Crippen LogP contribution is -2.28. The molecular formula is C23H17Cl3N2O3. The van der Waals surface area contributed by atoms with Crippen LogP contribution in [0.3, 0.4) is 0 Å². The first kappa shape index (κ1) is 20.6. The minimum Gasteiger partial charge on any atom is -0.488 e. The topological polar surface area (TPSA) is 59.0 Å². The Hall–Kier alpha value is -2.34. The first-order chi connectivity index (χ1) is 14.9. The molecule has 1 heterocycles. The average Bonchev–Trinajstić information content (AvgIpc) is 3.41. The Morgan fingerprint density at radius 3 is 2.29 bits per heavy atom. The molecule has 2 aromatic rings. The molecule has 1 aliphatic heterocycles. The molecule has 0 N–H and O–H groups in total. The number of benzene rings is 2. The molecule has 1 saturated carbocycles. The van der Waals surface area contributed by atoms with Crippen molar-refractivity contribution in [2.24, 2.45) is 28.8 Å². The third-order valence-electron chi connectivity index (χ3n) is 6.13. The molecular weight excluding hydrogens is 459 g/mol. The van der Waals surface area contributed by atoms with Crippen LogP contribution in [0.15, 0.2) is 53.7 Å². The molecule has 5 nitrogen and oxygen atoms in total. The van der Waals surface area contributed by atoms with Crippen LogP contribution < -0.4 is 4.74 Å². The second-order valence-corrected chi connectivity index (χ2v) is 9.22. The molecule has 31 heavy (non-hydrogen) atoms. The van der Waals surface area contributed by atoms with Crippen molar-refractivity contribution in [3.05, 3.63) is 74.7 Å². The third-order valence-corrected chi connectivity index (χ3v) is 6.95. The van der Waals surface area contributed by atoms with E-state index in [0.717, 1.165) is 17.0 Å². The zero-order valence-electron chi connectivity index (χ0n) is 16.2. The number of hydrogen-bond donors (Lipinski definition) is 0. The summed E-state index contributed by atoms with van der Waals surface area (Å²) in [6, 6.07) is 10.2. The summed E-state index contributed by atoms with van der Waals surface area (Å²) in [7, 11) is 0. The predicted molar refractivity (Wildman–Crippen MR) is 119 cm³/mol. The molecule has 4 unspecified atom stereocenters. The van der Waals surface area contributed by atoms with E-state index in [2.05, 4.69) is 17.3 Å². The van der Waals surface area contributed by atoms with Crippen molar-refractivity contribution in [1.82, 2.24) is 5.01 Å². The van der Waals surface area contributed by atoms with Crippen LogP contribution in [0.1, 0.15) is 17.5 Å². The van der Waals surface area contributed by atoms with Gasteiger partial charge in [0.25, 0.3) is 11.8 Å². The minimum absolute atomic E-state index is 0.140. The summed E-state index contributed by atoms with van der Waals surface area (Å²) < 4.78 is 5.91. The van der Waals surface area contributed by atoms with Gasteiger partial charge in [0, 0.05) is 26.2 Å². The van der Waals surface area contributed by atoms with Crippen molar-refractivity contribution < 1.29 is 14.3 Å². The summed E-state index contributed by atoms with van der Waals surface area (Å²) >= 11 is 18.3. The largest absolute Gasteiger partial charge is 0.488 e. The van der Waals surface area contributed by atoms with E-state index in [9.17, 15) is 9.59 Å². The molecule has 0 aromatic heterocycles. The number of carbonyl (C=O) groups excluding carboxylic acids is 2. The fraction of sp³-hybridized carbons (Fsp3) is 0.261. The summed E-state index contributed by atoms with van der Waals surface area (Å²) in [5.41, 5.74) is 1.32. The van der Waals surface area contributed by atoms with E-state index in [-0.39, 0.29) is 42.1 Å². The van der Waals surface area contributed by atoms with Crippen molar-refractivity contribution in [2.75, 3.05) is 0 Å². The Morgan fingerprint density at radius 1 is 0.968 bits per heavy atom. The molecule has 2 fully saturated rings. The van der Waals surface area contributed by atoms with Crippen molar-refractivity contribution in [3.8, 4) is 5.75 Å². The first-order valence-electron chi connectivity index (χ1n) is 9.89. The molecule has 2 amide bonds. The number of halogens is 3. The van der Waals surface area contributed by atoms with Crippen LogP contribution in [0, 0.1) is 23.7 Å². The second-order valence-electron chi connectivity index (χ2n) is 7.94. The number of ether oxygens (including phenoxy) is 1. The molecule has 3 aliphatic rings. The molecule has 2 aromatic carbocycles. The van der Waals surface area contributed by atoms with E-state index < -0.39 is 0 Å². The summed E-state index contributed by atoms with van der Waals surface area (Å²) in [4.78, 5) is 25.6. The van der Waals surface area contributed by atoms with Gasteiger partial charge in [-0.2, -0.15) is 10.1 Å². The summed E-state index contributed by atoms with van der Waals surface area (Å²) in [5, 5.41) is 6.75. The van der Waals surface area contributed by atoms with Gasteiger partial charge in [0.2, 0.25) is 0 Å². The lowest BCUT2D eigenvalue weighted by molar-refractivity contribution is -0.140. The number of rotatable bonds is 5. The molecule has 2 aliphatic carbocycles. The number of hydrazone groups is 1. The Labute approximate surface area is 194 Å². The van der Waals surface area contributed by atoms with Crippen molar-refractivity contribution >= 4 is 52.8 Å². The molecule has 0 spiro atoms. The van der Waals surface area contributed by atoms with Gasteiger partial charge in [0.15, 0.2) is 0 Å². The van der Waals surface area contributed by atoms with Gasteiger partial charge in [-0.15, -0.1) is 0 Å². The molecule has 2 bridgehead atoms. The van der Waals surface area contributed by atoms with Gasteiger partial charge in [-0.1, -0.05) is 53.0 Å². The van der Waals surface area contributed by atoms with E-state index in [1.165, 1.54) is 6.21 Å². The minimum atomic E-state index is -0.290. The molecule has 1 saturated heterocycles. The Balaban J connectivity index is 1.36. The monoisotopic (exact) mass is 474 g/mol. The fourth-order valence-electron chi connectivity index (χ4n) is 4.67. The Bertz CT molecular complexity index is 1120. The maximum atomic E-state index is 12.8. The van der Waals surface area contributed by atoms with E-state index in [1.54, 1.807) is 36.4 Å². The van der Waals surface area contributed by atoms with Crippen molar-refractivity contribution in [3.63, 3.8) is 0 Å². The highest BCUT2D eigenvalue weighted by Crippen LogP contribution is 2.52. The smallest absolute Gasteiger partial charge is 0.254 e. The van der Waals surface area contributed by atoms with Gasteiger partial charge >= 0.3 is 0 Å². The SMILES string of the molecule is O=C1C2C3C=CC(C3)C2C(=O)N1N=Cc1cc(Cl)ccc1OCc1ccc(Cl)cc1Cl. The average molecular weight is 476 g/mol. The van der Waals surface area contributed by atoms with Gasteiger partial charge in [-0.05, 0) is 48.6 Å². The van der Waals surface area contributed by atoms with Gasteiger partial charge in [-0.3, -0.25) is 9.59 Å². The van der Waals surface area contributed by atoms with Gasteiger partial charge in [-0.25, -0.2) is 0 Å². The summed E-state index contributed by atoms with van der Waals surface area (Å²) in [6.07, 6.45) is 6.42. The van der Waals surface area contributed by atoms with Crippen LogP contribution >= 0.6 is 34.8 Å². The van der Waals surface area contributed by atoms with Crippen LogP contribution in [0.2, 0.25) is 15.1 Å². The van der Waals surface area contributed by atoms with Crippen molar-refractivity contribution in [2.45, 2.75) is 13.0 Å². The molecule has 8 heteroatoms. The number of allylic oxidation sites excluding steroid dienone is 2. The van der Waals surface area contributed by atoms with Gasteiger partial charge in [0.05, 0.1) is 18.1 Å². The van der Waals surface area contributed by atoms with E-state index in [1.807, 2.05) is 0 Å². The van der Waals surface area contributed by atoms with E-state index in [4.69, 9.17) is 39.5 Å². The molecule has 4 atom stereocenters. The van der Waals surface area contributed by atoms with Crippen LogP contribution in [-0.4, -0.2) is 23.0 Å². The highest BCUT2D eigenvalue weighted by Gasteiger charge is 2.59. The number of amides is 2. The number of imide groups is 1. The van der Waals surface area contributed by atoms with Crippen LogP contribution in [0.5, 0.6) is 5.75 Å². The highest BCUT2D eigenvalue weighted by molar-refractivity contribution is 6.35. The van der Waals surface area contributed by atoms with Crippen molar-refractivity contribution in [1.29, 1.82) is 0 Å². The fourth-order valence-corrected chi connectivity index (χ4v) is 5.31. The standard InChI is InChI=1S/C23H17Cl3N2O3/c24-16-5-6-19(31-11-14-3-4-17(25)9-18(14)26)15(8-16)10-27-28-22(29)20-12-1-2-13(7-12)21(20)23(28)30/h1-6,8-10,12-13,20-21H,7,11H2. The van der Waals surface area contributed by atoms with E-state index >= 15 is 0 Å². The molecule has 0 radical (unpaired) electrons. The quantitative estimate of drug-likeness (QED) is 0.332. The molecule has 158 valence electrons. The number of fused-ring (bicyclic) bond motifs is 5. The van der Waals surface area contributed by atoms with Crippen LogP contribution in [0.25, 0.3) is 0 Å². The zero-order chi connectivity index (χ0) is 21.7. The molecule has 5 rings (SSSR count). The number of hydrogen-bond acceptors (Lipinski definition) is 4. The normalized spacial score (nSPS) is 26.4. The number of nitrogens with zero attached hydrogens (tertiary/aromatic N) is 2. The third kappa shape index (κ3) is 3.65. The second kappa shape index (κ2) is 7.97. The first-order valence-corrected chi connectivity index (χ1v) is 11.0. The highest BCUT2D eigenvalue weighted by atomic mass is 35.5. The summed E-state index contributed by atoms with van der Waals surface area (Å²) in [6.45, 7) is 0.208. The van der Waals surface area contributed by atoms with Gasteiger partial charge in [0.1, 0.15) is 12.4 Å². The maximum Gasteiger partial charge on any atom is 0.254 e. The zero-order valence-corrected chi connectivity index (χ0v) is 18.4. The lowest BCUT2D eigenvalue weighted by Gasteiger charge is -2.13. The number of carbonyl (C=O) groups is 2.